The Bertz CT molecular complexity index is 4270. The number of alkyl halides is 6. The van der Waals surface area contributed by atoms with Crippen LogP contribution in [-0.2, 0) is 52.7 Å². The third-order valence-corrected chi connectivity index (χ3v) is 14.7. The molecule has 0 saturated heterocycles. The van der Waals surface area contributed by atoms with Crippen LogP contribution in [0.5, 0.6) is 0 Å². The van der Waals surface area contributed by atoms with E-state index in [2.05, 4.69) is 50.5 Å². The van der Waals surface area contributed by atoms with Crippen molar-refractivity contribution in [1.82, 2.24) is 49.0 Å². The van der Waals surface area contributed by atoms with Crippen LogP contribution in [0.4, 0.5) is 49.6 Å². The number of aliphatic hydroxyl groups is 1. The summed E-state index contributed by atoms with van der Waals surface area (Å²) in [5, 5.41) is 15.4. The maximum atomic E-state index is 13.9. The van der Waals surface area contributed by atoms with Crippen molar-refractivity contribution in [3.63, 3.8) is 0 Å². The Balaban J connectivity index is 0.000000184. The second kappa shape index (κ2) is 28.0. The number of carbonyl (C=O) groups excluding carboxylic acids is 4. The van der Waals surface area contributed by atoms with Crippen LogP contribution in [0.25, 0.3) is 33.9 Å². The number of anilines is 4. The molecule has 0 radical (unpaired) electrons. The van der Waals surface area contributed by atoms with Gasteiger partial charge in [0.25, 0.3) is 0 Å². The second-order valence-corrected chi connectivity index (χ2v) is 21.8. The van der Waals surface area contributed by atoms with Crippen LogP contribution in [0.2, 0.25) is 0 Å². The lowest BCUT2D eigenvalue weighted by Gasteiger charge is -2.14. The van der Waals surface area contributed by atoms with Gasteiger partial charge in [-0.05, 0) is 158 Å². The van der Waals surface area contributed by atoms with Crippen LogP contribution in [0.3, 0.4) is 0 Å². The number of aryl methyl sites for hydroxylation is 2. The van der Waals surface area contributed by atoms with Crippen molar-refractivity contribution in [3.8, 4) is 33.9 Å². The molecule has 0 atom stereocenters. The molecule has 0 amide bonds. The summed E-state index contributed by atoms with van der Waals surface area (Å²) in [5.41, 5.74) is 6.08. The molecule has 3 N–H and O–H groups in total. The number of hydrogen-bond donors (Lipinski definition) is 3. The van der Waals surface area contributed by atoms with Crippen molar-refractivity contribution in [3.05, 3.63) is 227 Å². The summed E-state index contributed by atoms with van der Waals surface area (Å²) in [6.45, 7) is 3.29. The number of imidazole rings is 2. The lowest BCUT2D eigenvalue weighted by molar-refractivity contribution is -0.146. The quantitative estimate of drug-likeness (QED) is 0.0295. The highest BCUT2D eigenvalue weighted by atomic mass is 35.5. The fourth-order valence-electron chi connectivity index (χ4n) is 9.10. The number of carbonyl (C=O) groups is 4. The Morgan fingerprint density at radius 1 is 0.582 bits per heavy atom. The fourth-order valence-corrected chi connectivity index (χ4v) is 9.32. The first-order valence-electron chi connectivity index (χ1n) is 28.4. The highest BCUT2D eigenvalue weighted by molar-refractivity contribution is 6.64. The molecule has 25 heteroatoms. The maximum Gasteiger partial charge on any atom is 0.416 e. The molecule has 4 aromatic carbocycles. The van der Waals surface area contributed by atoms with Crippen molar-refractivity contribution in [2.75, 3.05) is 10.6 Å². The van der Waals surface area contributed by atoms with Gasteiger partial charge in [-0.15, -0.1) is 0 Å². The third kappa shape index (κ3) is 17.3. The van der Waals surface area contributed by atoms with E-state index in [0.29, 0.717) is 57.2 Å². The summed E-state index contributed by atoms with van der Waals surface area (Å²) < 4.78 is 90.6. The van der Waals surface area contributed by atoms with E-state index in [4.69, 9.17) is 16.3 Å². The van der Waals surface area contributed by atoms with Crippen LogP contribution >= 0.6 is 11.6 Å². The van der Waals surface area contributed by atoms with Crippen LogP contribution in [-0.4, -0.2) is 76.9 Å². The largest absolute Gasteiger partial charge is 0.459 e. The molecule has 2 fully saturated rings. The molecule has 12 rings (SSSR count). The Kier molecular flexibility index (Phi) is 19.6. The molecule has 464 valence electrons. The topological polar surface area (TPSA) is 235 Å². The first-order valence-corrected chi connectivity index (χ1v) is 28.7. The summed E-state index contributed by atoms with van der Waals surface area (Å²) in [7, 11) is 0. The molecule has 0 aliphatic heterocycles. The van der Waals surface area contributed by atoms with Gasteiger partial charge in [-0.1, -0.05) is 24.3 Å². The predicted molar refractivity (Wildman–Crippen MR) is 325 cm³/mol. The Labute approximate surface area is 521 Å². The zero-order valence-electron chi connectivity index (χ0n) is 48.6. The number of halogens is 7. The van der Waals surface area contributed by atoms with Gasteiger partial charge in [-0.2, -0.15) is 26.3 Å². The van der Waals surface area contributed by atoms with Crippen LogP contribution in [0.1, 0.15) is 91.2 Å². The number of aromatic nitrogens is 10. The minimum Gasteiger partial charge on any atom is -0.459 e. The number of rotatable bonds is 19. The van der Waals surface area contributed by atoms with Gasteiger partial charge in [0.1, 0.15) is 6.61 Å². The minimum atomic E-state index is -4.64. The molecule has 0 spiro atoms. The number of nitrogens with zero attached hydrogens (tertiary/aromatic N) is 10. The number of ether oxygens (including phenoxy) is 1. The number of nitrogens with one attached hydrogen (secondary N) is 2. The first-order chi connectivity index (χ1) is 43.6. The fraction of sp³-hybridized carbons (Fsp3) is 0.212. The van der Waals surface area contributed by atoms with Gasteiger partial charge in [0, 0.05) is 113 Å². The molecule has 2 aliphatic rings. The normalized spacial score (nSPS) is 12.8. The lowest BCUT2D eigenvalue weighted by Crippen LogP contribution is -2.10. The first kappa shape index (κ1) is 63.7. The molecule has 2 aliphatic carbocycles. The van der Waals surface area contributed by atoms with Gasteiger partial charge >= 0.3 is 18.3 Å². The van der Waals surface area contributed by atoms with E-state index in [1.165, 1.54) is 46.3 Å². The zero-order valence-corrected chi connectivity index (χ0v) is 49.3. The van der Waals surface area contributed by atoms with Gasteiger partial charge in [0.05, 0.1) is 59.1 Å². The highest BCUT2D eigenvalue weighted by Gasteiger charge is 2.34. The zero-order chi connectivity index (χ0) is 64.4. The standard InChI is InChI=1S/C33H27F3N6O3.C29H23F3N6O2.C4H5ClO/c1-20-4-5-23(14-29(20)41-32-38-10-8-28(40-32)24-3-2-9-37-16-24)30(43)13-21-11-25(33(34,35)36)15-27(12-21)42-17-26(39-19-42)18-45-31(44)22-6-7-22;1-18-4-5-20(12-26(18)37-28-34-8-6-25(36-28)21-3-2-7-33-14-21)27(40)11-19-9-22(29(30,31)32)13-24(10-19)38-15-23(16-39)35-17-38;5-4(6)3-1-2-3/h2-5,8-12,14-17,19,22H,6-7,13,18H2,1H3,(H,38,40,41);2-10,12-15,17,39H,11,16H2,1H3,(H,34,36,37);3H,1-2H2. The van der Waals surface area contributed by atoms with E-state index >= 15 is 0 Å². The number of ketones is 2. The molecule has 6 heterocycles. The average molecular weight is 1260 g/mol. The van der Waals surface area contributed by atoms with Crippen LogP contribution < -0.4 is 10.6 Å². The van der Waals surface area contributed by atoms with E-state index in [-0.39, 0.29) is 83.2 Å². The number of esters is 1. The van der Waals surface area contributed by atoms with Crippen molar-refractivity contribution >= 4 is 57.7 Å². The maximum absolute atomic E-state index is 13.9. The number of pyridine rings is 2. The Morgan fingerprint density at radius 3 is 1.44 bits per heavy atom. The summed E-state index contributed by atoms with van der Waals surface area (Å²) in [6, 6.07) is 27.8. The van der Waals surface area contributed by atoms with Crippen molar-refractivity contribution in [2.45, 2.75) is 77.9 Å². The molecule has 6 aromatic heterocycles. The molecule has 18 nitrogen and oxygen atoms in total. The molecular formula is C66H55ClF6N12O6. The van der Waals surface area contributed by atoms with Gasteiger partial charge in [-0.3, -0.25) is 29.1 Å². The molecule has 0 unspecified atom stereocenters. The number of benzene rings is 4. The van der Waals surface area contributed by atoms with E-state index in [0.717, 1.165) is 72.2 Å². The molecule has 2 saturated carbocycles. The predicted octanol–water partition coefficient (Wildman–Crippen LogP) is 13.5. The summed E-state index contributed by atoms with van der Waals surface area (Å²) >= 11 is 5.04. The summed E-state index contributed by atoms with van der Waals surface area (Å²) in [4.78, 5) is 82.4. The highest BCUT2D eigenvalue weighted by Crippen LogP contribution is 2.36. The van der Waals surface area contributed by atoms with E-state index < -0.39 is 23.5 Å². The monoisotopic (exact) mass is 1260 g/mol. The lowest BCUT2D eigenvalue weighted by atomic mass is 9.99. The molecule has 10 aromatic rings. The van der Waals surface area contributed by atoms with E-state index in [9.17, 15) is 50.6 Å². The van der Waals surface area contributed by atoms with Gasteiger partial charge in [0.2, 0.25) is 17.1 Å². The van der Waals surface area contributed by atoms with Crippen molar-refractivity contribution in [1.29, 1.82) is 0 Å². The Morgan fingerprint density at radius 2 is 1.04 bits per heavy atom. The minimum absolute atomic E-state index is 0.0742. The number of Topliss-reactive ketones (excluding diaryl/α,β-unsaturated/α-hetero) is 2. The van der Waals surface area contributed by atoms with E-state index in [1.807, 2.05) is 26.0 Å². The smallest absolute Gasteiger partial charge is 0.416 e. The van der Waals surface area contributed by atoms with Crippen molar-refractivity contribution in [2.24, 2.45) is 11.8 Å². The molecular weight excluding hydrogens is 1210 g/mol. The summed E-state index contributed by atoms with van der Waals surface area (Å²) in [6.07, 6.45) is 9.39. The van der Waals surface area contributed by atoms with Crippen molar-refractivity contribution < 1.29 is 55.4 Å². The summed E-state index contributed by atoms with van der Waals surface area (Å²) in [5.74, 6) is -0.247. The molecule has 91 heavy (non-hydrogen) atoms. The van der Waals surface area contributed by atoms with Crippen LogP contribution in [0, 0.1) is 25.7 Å². The average Bonchev–Trinajstić information content (AvgIpc) is 1.67. The van der Waals surface area contributed by atoms with Gasteiger partial charge in [-0.25, -0.2) is 29.9 Å². The van der Waals surface area contributed by atoms with Gasteiger partial charge in [0.15, 0.2) is 11.6 Å². The Hall–Kier alpha value is -10.3. The second-order valence-electron chi connectivity index (χ2n) is 21.5. The molecule has 0 bridgehead atoms. The van der Waals surface area contributed by atoms with E-state index in [1.54, 1.807) is 97.8 Å². The number of hydrogen-bond acceptors (Lipinski definition) is 16. The van der Waals surface area contributed by atoms with Crippen LogP contribution in [0.15, 0.2) is 171 Å². The third-order valence-electron chi connectivity index (χ3n) is 14.4. The van der Waals surface area contributed by atoms with Gasteiger partial charge < -0.3 is 29.6 Å². The SMILES string of the molecule is Cc1ccc(C(=O)Cc2cc(-n3cnc(CO)c3)cc(C(F)(F)F)c2)cc1Nc1nccc(-c2cccnc2)n1.Cc1ccc(C(=O)Cc2cc(-n3cnc(COC(=O)C4CC4)c3)cc(C(F)(F)F)c2)cc1Nc1nccc(-c2cccnc2)n1.O=C(Cl)C1CC1. The number of aliphatic hydroxyl groups excluding tert-OH is 1.